The van der Waals surface area contributed by atoms with Crippen LogP contribution in [0.2, 0.25) is 0 Å². The lowest BCUT2D eigenvalue weighted by molar-refractivity contribution is -0.137. The number of hydrogen-bond acceptors (Lipinski definition) is 2. The Morgan fingerprint density at radius 3 is 2.48 bits per heavy atom. The lowest BCUT2D eigenvalue weighted by atomic mass is 9.86. The number of carboxylic acid groups (broad SMARTS) is 1. The maximum atomic E-state index is 10.7. The van der Waals surface area contributed by atoms with Crippen molar-refractivity contribution in [2.24, 2.45) is 0 Å². The summed E-state index contributed by atoms with van der Waals surface area (Å²) in [5, 5.41) is 8.77. The monoisotopic (exact) mass is 286 g/mol. The molecule has 0 aliphatic rings. The van der Waals surface area contributed by atoms with Gasteiger partial charge in [0.05, 0.1) is 6.42 Å². The molecule has 0 spiro atoms. The largest absolute Gasteiger partial charge is 0.481 e. The molecule has 0 saturated heterocycles. The molecule has 1 N–H and O–H groups in total. The van der Waals surface area contributed by atoms with Gasteiger partial charge in [-0.25, -0.2) is 4.98 Å². The minimum atomic E-state index is -0.788. The molecule has 2 aromatic rings. The second-order valence-electron chi connectivity index (χ2n) is 6.30. The van der Waals surface area contributed by atoms with Gasteiger partial charge in [0.2, 0.25) is 0 Å². The molecule has 0 unspecified atom stereocenters. The highest BCUT2D eigenvalue weighted by Gasteiger charge is 2.13. The van der Waals surface area contributed by atoms with Crippen LogP contribution in [0.1, 0.15) is 44.1 Å². The molecule has 4 nitrogen and oxygen atoms in total. The van der Waals surface area contributed by atoms with Gasteiger partial charge in [0.25, 0.3) is 0 Å². The lowest BCUT2D eigenvalue weighted by Gasteiger charge is -2.19. The predicted molar refractivity (Wildman–Crippen MR) is 82.4 cm³/mol. The number of aliphatic carboxylic acids is 1. The van der Waals surface area contributed by atoms with Crippen molar-refractivity contribution in [2.45, 2.75) is 45.6 Å². The fourth-order valence-corrected chi connectivity index (χ4v) is 2.23. The topological polar surface area (TPSA) is 55.1 Å². The predicted octanol–water partition coefficient (Wildman–Crippen LogP) is 3.25. The third-order valence-electron chi connectivity index (χ3n) is 3.55. The van der Waals surface area contributed by atoms with E-state index < -0.39 is 5.97 Å². The van der Waals surface area contributed by atoms with E-state index in [4.69, 9.17) is 5.11 Å². The van der Waals surface area contributed by atoms with Gasteiger partial charge in [-0.1, -0.05) is 45.0 Å². The number of benzene rings is 1. The average Bonchev–Trinajstić information content (AvgIpc) is 2.83. The number of carboxylic acids is 1. The highest BCUT2D eigenvalue weighted by atomic mass is 16.4. The van der Waals surface area contributed by atoms with E-state index in [9.17, 15) is 4.79 Å². The number of rotatable bonds is 5. The number of hydrogen-bond donors (Lipinski definition) is 1. The normalized spacial score (nSPS) is 11.6. The summed E-state index contributed by atoms with van der Waals surface area (Å²) in [6.45, 7) is 7.05. The second-order valence-corrected chi connectivity index (χ2v) is 6.30. The highest BCUT2D eigenvalue weighted by Crippen LogP contribution is 2.22. The van der Waals surface area contributed by atoms with Crippen LogP contribution >= 0.6 is 0 Å². The zero-order valence-corrected chi connectivity index (χ0v) is 12.8. The molecule has 0 radical (unpaired) electrons. The van der Waals surface area contributed by atoms with Gasteiger partial charge in [-0.3, -0.25) is 4.79 Å². The Labute approximate surface area is 125 Å². The van der Waals surface area contributed by atoms with Crippen molar-refractivity contribution in [2.75, 3.05) is 0 Å². The Hall–Kier alpha value is -2.10. The number of imidazole rings is 1. The Morgan fingerprint density at radius 1 is 1.24 bits per heavy atom. The van der Waals surface area contributed by atoms with Gasteiger partial charge in [-0.05, 0) is 16.5 Å². The molecule has 0 bridgehead atoms. The van der Waals surface area contributed by atoms with Crippen LogP contribution < -0.4 is 0 Å². The molecule has 21 heavy (non-hydrogen) atoms. The van der Waals surface area contributed by atoms with E-state index in [-0.39, 0.29) is 11.8 Å². The van der Waals surface area contributed by atoms with E-state index in [0.29, 0.717) is 6.54 Å². The van der Waals surface area contributed by atoms with E-state index in [0.717, 1.165) is 12.2 Å². The number of aryl methyl sites for hydroxylation is 1. The second kappa shape index (κ2) is 6.12. The first-order valence-corrected chi connectivity index (χ1v) is 7.17. The standard InChI is InChI=1S/C17H22N2O2/c1-17(2,3)14-6-4-13(5-7-14)12-15-18-9-11-19(15)10-8-16(20)21/h4-7,9,11H,8,10,12H2,1-3H3,(H,20,21). The van der Waals surface area contributed by atoms with Gasteiger partial charge in [-0.2, -0.15) is 0 Å². The van der Waals surface area contributed by atoms with Crippen LogP contribution in [0.5, 0.6) is 0 Å². The molecule has 0 amide bonds. The molecule has 1 heterocycles. The zero-order valence-electron chi connectivity index (χ0n) is 12.8. The van der Waals surface area contributed by atoms with Crippen LogP contribution in [0.4, 0.5) is 0 Å². The minimum absolute atomic E-state index is 0.117. The fraction of sp³-hybridized carbons (Fsp3) is 0.412. The van der Waals surface area contributed by atoms with Crippen LogP contribution in [0.25, 0.3) is 0 Å². The number of carbonyl (C=O) groups is 1. The van der Waals surface area contributed by atoms with Crippen molar-refractivity contribution in [3.8, 4) is 0 Å². The summed E-state index contributed by atoms with van der Waals surface area (Å²) in [5.74, 6) is 0.115. The Kier molecular flexibility index (Phi) is 4.46. The van der Waals surface area contributed by atoms with Gasteiger partial charge in [0.1, 0.15) is 5.82 Å². The highest BCUT2D eigenvalue weighted by molar-refractivity contribution is 5.66. The van der Waals surface area contributed by atoms with E-state index in [2.05, 4.69) is 50.0 Å². The maximum absolute atomic E-state index is 10.7. The van der Waals surface area contributed by atoms with E-state index in [1.165, 1.54) is 11.1 Å². The van der Waals surface area contributed by atoms with Gasteiger partial charge < -0.3 is 9.67 Å². The molecule has 0 fully saturated rings. The summed E-state index contributed by atoms with van der Waals surface area (Å²) in [4.78, 5) is 15.0. The molecular weight excluding hydrogens is 264 g/mol. The molecule has 1 aromatic carbocycles. The zero-order chi connectivity index (χ0) is 15.5. The first kappa shape index (κ1) is 15.3. The summed E-state index contributed by atoms with van der Waals surface area (Å²) in [6.07, 6.45) is 4.39. The Bertz CT molecular complexity index is 606. The fourth-order valence-electron chi connectivity index (χ4n) is 2.23. The van der Waals surface area contributed by atoms with Crippen LogP contribution in [0.3, 0.4) is 0 Å². The van der Waals surface area contributed by atoms with Crippen LogP contribution in [0, 0.1) is 0 Å². The van der Waals surface area contributed by atoms with Crippen molar-refractivity contribution in [1.29, 1.82) is 0 Å². The molecule has 4 heteroatoms. The van der Waals surface area contributed by atoms with E-state index in [1.54, 1.807) is 6.20 Å². The molecule has 0 saturated carbocycles. The summed E-state index contributed by atoms with van der Waals surface area (Å²) in [5.41, 5.74) is 2.64. The first-order valence-electron chi connectivity index (χ1n) is 7.17. The molecule has 2 rings (SSSR count). The molecule has 0 atom stereocenters. The third kappa shape index (κ3) is 4.18. The molecule has 0 aliphatic carbocycles. The Morgan fingerprint density at radius 2 is 1.90 bits per heavy atom. The minimum Gasteiger partial charge on any atom is -0.481 e. The van der Waals surface area contributed by atoms with Crippen LogP contribution in [-0.2, 0) is 23.2 Å². The SMILES string of the molecule is CC(C)(C)c1ccc(Cc2nccn2CCC(=O)O)cc1. The lowest BCUT2D eigenvalue weighted by Crippen LogP contribution is -2.11. The average molecular weight is 286 g/mol. The van der Waals surface area contributed by atoms with Gasteiger partial charge in [0, 0.05) is 25.4 Å². The molecule has 1 aromatic heterocycles. The summed E-state index contributed by atoms with van der Waals surface area (Å²) in [7, 11) is 0. The number of aromatic nitrogens is 2. The Balaban J connectivity index is 2.08. The van der Waals surface area contributed by atoms with Crippen molar-refractivity contribution < 1.29 is 9.90 Å². The van der Waals surface area contributed by atoms with E-state index in [1.807, 2.05) is 10.8 Å². The van der Waals surface area contributed by atoms with Crippen molar-refractivity contribution >= 4 is 5.97 Å². The van der Waals surface area contributed by atoms with E-state index >= 15 is 0 Å². The maximum Gasteiger partial charge on any atom is 0.305 e. The number of nitrogens with zero attached hydrogens (tertiary/aromatic N) is 2. The summed E-state index contributed by atoms with van der Waals surface area (Å²) >= 11 is 0. The van der Waals surface area contributed by atoms with Crippen LogP contribution in [0.15, 0.2) is 36.7 Å². The van der Waals surface area contributed by atoms with Crippen molar-refractivity contribution in [3.63, 3.8) is 0 Å². The molecular formula is C17H22N2O2. The summed E-state index contributed by atoms with van der Waals surface area (Å²) < 4.78 is 1.91. The van der Waals surface area contributed by atoms with Gasteiger partial charge >= 0.3 is 5.97 Å². The van der Waals surface area contributed by atoms with Gasteiger partial charge in [-0.15, -0.1) is 0 Å². The molecule has 112 valence electrons. The van der Waals surface area contributed by atoms with Gasteiger partial charge in [0.15, 0.2) is 0 Å². The first-order chi connectivity index (χ1) is 9.86. The van der Waals surface area contributed by atoms with Crippen LogP contribution in [-0.4, -0.2) is 20.6 Å². The smallest absolute Gasteiger partial charge is 0.305 e. The summed E-state index contributed by atoms with van der Waals surface area (Å²) in [6, 6.07) is 8.55. The quantitative estimate of drug-likeness (QED) is 0.918. The van der Waals surface area contributed by atoms with Crippen molar-refractivity contribution in [3.05, 3.63) is 53.6 Å². The molecule has 0 aliphatic heterocycles. The van der Waals surface area contributed by atoms with Crippen molar-refractivity contribution in [1.82, 2.24) is 9.55 Å². The third-order valence-corrected chi connectivity index (χ3v) is 3.55.